The maximum absolute atomic E-state index is 12.2. The topological polar surface area (TPSA) is 131 Å². The van der Waals surface area contributed by atoms with E-state index in [0.29, 0.717) is 11.5 Å². The molecule has 20 heavy (non-hydrogen) atoms. The summed E-state index contributed by atoms with van der Waals surface area (Å²) in [7, 11) is 0. The number of nitrogens with two attached hydrogens (primary N) is 1. The van der Waals surface area contributed by atoms with Crippen LogP contribution in [0.2, 0.25) is 0 Å². The number of aryl methyl sites for hydroxylation is 1. The van der Waals surface area contributed by atoms with Crippen LogP contribution in [0.4, 0.5) is 10.6 Å². The Morgan fingerprint density at radius 1 is 1.60 bits per heavy atom. The maximum atomic E-state index is 12.2. The SMILES string of the molecule is Cc1cc2n(n1)[C@@]1(C[C@@H](C(N)=O)N(C(=O)O)C1)C(=O)N2. The summed E-state index contributed by atoms with van der Waals surface area (Å²) in [6, 6.07) is 0.656. The summed E-state index contributed by atoms with van der Waals surface area (Å²) in [5.41, 5.74) is 4.75. The Morgan fingerprint density at radius 3 is 2.85 bits per heavy atom. The second-order valence-corrected chi connectivity index (χ2v) is 5.10. The van der Waals surface area contributed by atoms with Crippen molar-refractivity contribution in [1.82, 2.24) is 14.7 Å². The van der Waals surface area contributed by atoms with E-state index in [0.717, 1.165) is 4.90 Å². The number of carbonyl (C=O) groups excluding carboxylic acids is 2. The molecule has 2 aliphatic heterocycles. The molecule has 3 rings (SSSR count). The molecule has 0 radical (unpaired) electrons. The number of likely N-dealkylation sites (tertiary alicyclic amines) is 1. The number of carboxylic acid groups (broad SMARTS) is 1. The van der Waals surface area contributed by atoms with Crippen LogP contribution in [0.15, 0.2) is 6.07 Å². The van der Waals surface area contributed by atoms with Crippen molar-refractivity contribution in [3.05, 3.63) is 11.8 Å². The zero-order valence-electron chi connectivity index (χ0n) is 10.7. The molecule has 0 saturated carbocycles. The summed E-state index contributed by atoms with van der Waals surface area (Å²) >= 11 is 0. The average molecular weight is 279 g/mol. The number of primary amides is 1. The van der Waals surface area contributed by atoms with Gasteiger partial charge in [-0.05, 0) is 6.92 Å². The van der Waals surface area contributed by atoms with Gasteiger partial charge in [0.05, 0.1) is 12.2 Å². The number of hydrogen-bond donors (Lipinski definition) is 3. The Hall–Kier alpha value is -2.58. The molecule has 3 heterocycles. The number of hydrogen-bond acceptors (Lipinski definition) is 4. The highest BCUT2D eigenvalue weighted by atomic mass is 16.4. The van der Waals surface area contributed by atoms with Crippen molar-refractivity contribution in [2.45, 2.75) is 24.9 Å². The molecule has 1 spiro atoms. The van der Waals surface area contributed by atoms with Crippen LogP contribution in [0, 0.1) is 6.92 Å². The first-order valence-corrected chi connectivity index (χ1v) is 6.02. The molecule has 2 aliphatic rings. The molecular weight excluding hydrogens is 266 g/mol. The van der Waals surface area contributed by atoms with Crippen molar-refractivity contribution in [2.24, 2.45) is 5.73 Å². The van der Waals surface area contributed by atoms with Gasteiger partial charge in [-0.2, -0.15) is 5.10 Å². The number of nitrogens with zero attached hydrogens (tertiary/aromatic N) is 3. The van der Waals surface area contributed by atoms with Crippen molar-refractivity contribution in [3.8, 4) is 0 Å². The highest BCUT2D eigenvalue weighted by Crippen LogP contribution is 2.40. The molecule has 4 N–H and O–H groups in total. The molecule has 9 nitrogen and oxygen atoms in total. The zero-order chi connectivity index (χ0) is 14.7. The van der Waals surface area contributed by atoms with Gasteiger partial charge in [0.25, 0.3) is 5.91 Å². The van der Waals surface area contributed by atoms with Gasteiger partial charge in [-0.3, -0.25) is 14.5 Å². The highest BCUT2D eigenvalue weighted by molar-refractivity contribution is 6.02. The van der Waals surface area contributed by atoms with Crippen molar-refractivity contribution in [3.63, 3.8) is 0 Å². The molecule has 0 unspecified atom stereocenters. The van der Waals surface area contributed by atoms with Gasteiger partial charge in [0.2, 0.25) is 5.91 Å². The quantitative estimate of drug-likeness (QED) is 0.611. The van der Waals surface area contributed by atoms with E-state index in [-0.39, 0.29) is 18.9 Å². The summed E-state index contributed by atoms with van der Waals surface area (Å²) in [4.78, 5) is 35.8. The van der Waals surface area contributed by atoms with E-state index in [1.165, 1.54) is 4.68 Å². The van der Waals surface area contributed by atoms with Gasteiger partial charge in [-0.15, -0.1) is 0 Å². The second-order valence-electron chi connectivity index (χ2n) is 5.10. The van der Waals surface area contributed by atoms with E-state index in [1.807, 2.05) is 0 Å². The van der Waals surface area contributed by atoms with Crippen molar-refractivity contribution in [1.29, 1.82) is 0 Å². The average Bonchev–Trinajstić information content (AvgIpc) is 2.96. The fraction of sp³-hybridized carbons (Fsp3) is 0.455. The summed E-state index contributed by atoms with van der Waals surface area (Å²) in [5.74, 6) is -0.632. The summed E-state index contributed by atoms with van der Waals surface area (Å²) in [5, 5.41) is 16.1. The fourth-order valence-corrected chi connectivity index (χ4v) is 2.90. The van der Waals surface area contributed by atoms with E-state index >= 15 is 0 Å². The zero-order valence-corrected chi connectivity index (χ0v) is 10.7. The van der Waals surface area contributed by atoms with Gasteiger partial charge in [0.1, 0.15) is 11.9 Å². The molecule has 1 aromatic rings. The number of aromatic nitrogens is 2. The Bertz CT molecular complexity index is 615. The van der Waals surface area contributed by atoms with Gasteiger partial charge >= 0.3 is 6.09 Å². The lowest BCUT2D eigenvalue weighted by atomic mass is 9.96. The minimum Gasteiger partial charge on any atom is -0.465 e. The van der Waals surface area contributed by atoms with Gasteiger partial charge in [-0.1, -0.05) is 0 Å². The lowest BCUT2D eigenvalue weighted by molar-refractivity contribution is -0.123. The van der Waals surface area contributed by atoms with Crippen molar-refractivity contribution >= 4 is 23.7 Å². The van der Waals surface area contributed by atoms with E-state index in [9.17, 15) is 19.5 Å². The van der Waals surface area contributed by atoms with Crippen LogP contribution in [-0.2, 0) is 15.1 Å². The molecule has 1 fully saturated rings. The summed E-state index contributed by atoms with van der Waals surface area (Å²) in [6.45, 7) is 1.62. The Balaban J connectivity index is 2.08. The predicted molar refractivity (Wildman–Crippen MR) is 65.9 cm³/mol. The summed E-state index contributed by atoms with van der Waals surface area (Å²) < 4.78 is 1.46. The first kappa shape index (κ1) is 12.5. The number of amides is 3. The van der Waals surface area contributed by atoms with E-state index < -0.39 is 23.6 Å². The molecule has 0 aliphatic carbocycles. The van der Waals surface area contributed by atoms with Crippen molar-refractivity contribution in [2.75, 3.05) is 11.9 Å². The molecule has 2 atom stereocenters. The lowest BCUT2D eigenvalue weighted by Crippen LogP contribution is -2.44. The molecule has 3 amide bonds. The molecule has 0 aromatic carbocycles. The van der Waals surface area contributed by atoms with E-state index in [1.54, 1.807) is 13.0 Å². The van der Waals surface area contributed by atoms with Gasteiger partial charge in [0, 0.05) is 12.5 Å². The van der Waals surface area contributed by atoms with E-state index in [4.69, 9.17) is 5.73 Å². The van der Waals surface area contributed by atoms with E-state index in [2.05, 4.69) is 10.4 Å². The second kappa shape index (κ2) is 3.71. The Kier molecular flexibility index (Phi) is 2.31. The smallest absolute Gasteiger partial charge is 0.408 e. The molecule has 0 bridgehead atoms. The minimum atomic E-state index is -1.28. The van der Waals surface area contributed by atoms with Crippen LogP contribution < -0.4 is 11.1 Å². The Labute approximate surface area is 113 Å². The van der Waals surface area contributed by atoms with Crippen LogP contribution in [0.3, 0.4) is 0 Å². The number of anilines is 1. The van der Waals surface area contributed by atoms with Crippen LogP contribution in [0.1, 0.15) is 12.1 Å². The fourth-order valence-electron chi connectivity index (χ4n) is 2.90. The third-order valence-corrected chi connectivity index (χ3v) is 3.81. The number of rotatable bonds is 1. The molecule has 1 saturated heterocycles. The van der Waals surface area contributed by atoms with Crippen LogP contribution in [0.25, 0.3) is 0 Å². The predicted octanol–water partition coefficient (Wildman–Crippen LogP) is -0.923. The van der Waals surface area contributed by atoms with Crippen LogP contribution in [0.5, 0.6) is 0 Å². The van der Waals surface area contributed by atoms with Gasteiger partial charge < -0.3 is 16.2 Å². The monoisotopic (exact) mass is 279 g/mol. The van der Waals surface area contributed by atoms with Crippen LogP contribution >= 0.6 is 0 Å². The first-order chi connectivity index (χ1) is 9.35. The third-order valence-electron chi connectivity index (χ3n) is 3.81. The first-order valence-electron chi connectivity index (χ1n) is 6.02. The van der Waals surface area contributed by atoms with Crippen molar-refractivity contribution < 1.29 is 19.5 Å². The number of carbonyl (C=O) groups is 3. The highest BCUT2D eigenvalue weighted by Gasteiger charge is 2.58. The largest absolute Gasteiger partial charge is 0.465 e. The van der Waals surface area contributed by atoms with Crippen LogP contribution in [-0.4, -0.2) is 50.3 Å². The lowest BCUT2D eigenvalue weighted by Gasteiger charge is -2.21. The number of fused-ring (bicyclic) bond motifs is 2. The minimum absolute atomic E-state index is 0.00537. The maximum Gasteiger partial charge on any atom is 0.408 e. The third kappa shape index (κ3) is 1.43. The molecule has 106 valence electrons. The number of nitrogens with one attached hydrogen (secondary N) is 1. The van der Waals surface area contributed by atoms with Gasteiger partial charge in [0.15, 0.2) is 5.54 Å². The molecule has 1 aromatic heterocycles. The standard InChI is InChI=1S/C11H13N5O4/c1-5-2-7-13-9(18)11(16(7)14-5)3-6(8(12)17)15(4-11)10(19)20/h2,6H,3-4H2,1H3,(H2,12,17)(H,13,18)(H,19,20)/t6-,11+/m0/s1. The Morgan fingerprint density at radius 2 is 2.30 bits per heavy atom. The molecular formula is C11H13N5O4. The molecule has 9 heteroatoms. The normalized spacial score (nSPS) is 27.8. The van der Waals surface area contributed by atoms with Gasteiger partial charge in [-0.25, -0.2) is 9.48 Å². The summed E-state index contributed by atoms with van der Waals surface area (Å²) in [6.07, 6.45) is -1.29.